The Morgan fingerprint density at radius 2 is 1.85 bits per heavy atom. The summed E-state index contributed by atoms with van der Waals surface area (Å²) in [6.45, 7) is 0.353. The monoisotopic (exact) mass is 609 g/mol. The summed E-state index contributed by atoms with van der Waals surface area (Å²) >= 11 is 9.22. The molecule has 0 saturated carbocycles. The second-order valence-electron chi connectivity index (χ2n) is 7.31. The van der Waals surface area contributed by atoms with Crippen LogP contribution in [0.5, 0.6) is 11.5 Å². The SMILES string of the molecule is COc1cc(/C=C2/SC(=O)N(Cc3ccc(F)cc3)C2=O)cc(I)c1OCc1ccccc1Cl. The van der Waals surface area contributed by atoms with Gasteiger partial charge in [-0.25, -0.2) is 4.39 Å². The molecule has 34 heavy (non-hydrogen) atoms. The Morgan fingerprint density at radius 1 is 1.12 bits per heavy atom. The molecule has 3 aromatic carbocycles. The summed E-state index contributed by atoms with van der Waals surface area (Å²) in [5.41, 5.74) is 2.21. The molecule has 0 aromatic heterocycles. The van der Waals surface area contributed by atoms with Crippen LogP contribution in [0, 0.1) is 9.39 Å². The van der Waals surface area contributed by atoms with Crippen LogP contribution < -0.4 is 9.47 Å². The van der Waals surface area contributed by atoms with E-state index in [1.165, 1.54) is 19.2 Å². The Bertz CT molecular complexity index is 1280. The van der Waals surface area contributed by atoms with E-state index in [-0.39, 0.29) is 24.2 Å². The summed E-state index contributed by atoms with van der Waals surface area (Å²) < 4.78 is 25.4. The number of methoxy groups -OCH3 is 1. The van der Waals surface area contributed by atoms with Gasteiger partial charge >= 0.3 is 0 Å². The van der Waals surface area contributed by atoms with Crippen molar-refractivity contribution in [1.82, 2.24) is 4.90 Å². The minimum Gasteiger partial charge on any atom is -0.493 e. The molecule has 1 saturated heterocycles. The molecular formula is C25H18ClFINO4S. The number of nitrogens with zero attached hydrogens (tertiary/aromatic N) is 1. The van der Waals surface area contributed by atoms with E-state index in [0.717, 1.165) is 25.8 Å². The lowest BCUT2D eigenvalue weighted by Crippen LogP contribution is -2.27. The predicted molar refractivity (Wildman–Crippen MR) is 139 cm³/mol. The van der Waals surface area contributed by atoms with Gasteiger partial charge in [0.05, 0.1) is 22.1 Å². The Kier molecular flexibility index (Phi) is 7.80. The first-order chi connectivity index (χ1) is 16.4. The summed E-state index contributed by atoms with van der Waals surface area (Å²) in [5, 5.41) is 0.242. The number of rotatable bonds is 7. The molecule has 9 heteroatoms. The molecule has 174 valence electrons. The largest absolute Gasteiger partial charge is 0.493 e. The second-order valence-corrected chi connectivity index (χ2v) is 9.87. The molecule has 2 amide bonds. The van der Waals surface area contributed by atoms with Gasteiger partial charge in [0.25, 0.3) is 11.1 Å². The van der Waals surface area contributed by atoms with Crippen LogP contribution in [0.25, 0.3) is 6.08 Å². The lowest BCUT2D eigenvalue weighted by atomic mass is 10.1. The molecule has 0 atom stereocenters. The zero-order valence-corrected chi connectivity index (χ0v) is 21.6. The van der Waals surface area contributed by atoms with Gasteiger partial charge in [0.2, 0.25) is 0 Å². The first kappa shape index (κ1) is 24.6. The maximum atomic E-state index is 13.1. The topological polar surface area (TPSA) is 55.8 Å². The smallest absolute Gasteiger partial charge is 0.293 e. The number of ether oxygens (including phenoxy) is 2. The third-order valence-electron chi connectivity index (χ3n) is 5.01. The highest BCUT2D eigenvalue weighted by atomic mass is 127. The Balaban J connectivity index is 1.53. The zero-order valence-electron chi connectivity index (χ0n) is 17.9. The highest BCUT2D eigenvalue weighted by molar-refractivity contribution is 14.1. The zero-order chi connectivity index (χ0) is 24.2. The van der Waals surface area contributed by atoms with Crippen molar-refractivity contribution in [2.24, 2.45) is 0 Å². The van der Waals surface area contributed by atoms with Crippen molar-refractivity contribution in [2.75, 3.05) is 7.11 Å². The molecule has 0 N–H and O–H groups in total. The normalized spacial score (nSPS) is 14.7. The van der Waals surface area contributed by atoms with E-state index in [1.807, 2.05) is 24.3 Å². The van der Waals surface area contributed by atoms with Gasteiger partial charge in [0.1, 0.15) is 12.4 Å². The van der Waals surface area contributed by atoms with Crippen molar-refractivity contribution in [3.05, 3.63) is 96.7 Å². The van der Waals surface area contributed by atoms with Gasteiger partial charge in [-0.3, -0.25) is 14.5 Å². The molecule has 5 nitrogen and oxygen atoms in total. The van der Waals surface area contributed by atoms with Crippen molar-refractivity contribution in [3.63, 3.8) is 0 Å². The van der Waals surface area contributed by atoms with Crippen LogP contribution in [0.4, 0.5) is 9.18 Å². The number of benzene rings is 3. The van der Waals surface area contributed by atoms with E-state index in [1.54, 1.807) is 30.3 Å². The van der Waals surface area contributed by atoms with E-state index in [9.17, 15) is 14.0 Å². The Hall–Kier alpha value is -2.56. The molecule has 0 bridgehead atoms. The number of imide groups is 1. The van der Waals surface area contributed by atoms with Gasteiger partial charge in [0.15, 0.2) is 11.5 Å². The van der Waals surface area contributed by atoms with E-state index < -0.39 is 5.91 Å². The van der Waals surface area contributed by atoms with Gasteiger partial charge in [-0.15, -0.1) is 0 Å². The minimum atomic E-state index is -0.396. The molecule has 0 aliphatic carbocycles. The fourth-order valence-electron chi connectivity index (χ4n) is 3.29. The molecule has 3 aromatic rings. The summed E-state index contributed by atoms with van der Waals surface area (Å²) in [6.07, 6.45) is 1.65. The van der Waals surface area contributed by atoms with E-state index in [2.05, 4.69) is 22.6 Å². The van der Waals surface area contributed by atoms with Crippen LogP contribution in [0.2, 0.25) is 5.02 Å². The standard InChI is InChI=1S/C25H18ClFINO4S/c1-32-21-11-16(10-20(28)23(21)33-14-17-4-2-3-5-19(17)26)12-22-24(30)29(25(31)34-22)13-15-6-8-18(27)9-7-15/h2-12H,13-14H2,1H3/b22-12+. The average molecular weight is 610 g/mol. The Labute approximate surface area is 219 Å². The van der Waals surface area contributed by atoms with Crippen molar-refractivity contribution < 1.29 is 23.5 Å². The van der Waals surface area contributed by atoms with Crippen LogP contribution in [0.1, 0.15) is 16.7 Å². The van der Waals surface area contributed by atoms with Gasteiger partial charge in [0, 0.05) is 10.6 Å². The maximum Gasteiger partial charge on any atom is 0.293 e. The molecule has 4 rings (SSSR count). The highest BCUT2D eigenvalue weighted by Crippen LogP contribution is 2.38. The van der Waals surface area contributed by atoms with Crippen LogP contribution in [0.3, 0.4) is 0 Å². The van der Waals surface area contributed by atoms with Crippen molar-refractivity contribution >= 4 is 63.2 Å². The number of hydrogen-bond acceptors (Lipinski definition) is 5. The summed E-state index contributed by atoms with van der Waals surface area (Å²) in [4.78, 5) is 26.8. The van der Waals surface area contributed by atoms with Crippen LogP contribution in [-0.4, -0.2) is 23.2 Å². The van der Waals surface area contributed by atoms with E-state index >= 15 is 0 Å². The number of halogens is 3. The predicted octanol–water partition coefficient (Wildman–Crippen LogP) is 6.91. The lowest BCUT2D eigenvalue weighted by molar-refractivity contribution is -0.123. The van der Waals surface area contributed by atoms with Crippen molar-refractivity contribution in [3.8, 4) is 11.5 Å². The van der Waals surface area contributed by atoms with Gasteiger partial charge in [-0.05, 0) is 81.9 Å². The van der Waals surface area contributed by atoms with Gasteiger partial charge < -0.3 is 9.47 Å². The van der Waals surface area contributed by atoms with Gasteiger partial charge in [-0.1, -0.05) is 41.9 Å². The molecule has 0 unspecified atom stereocenters. The third-order valence-corrected chi connectivity index (χ3v) is 7.08. The molecule has 0 spiro atoms. The molecule has 1 heterocycles. The first-order valence-electron chi connectivity index (χ1n) is 10.1. The second kappa shape index (κ2) is 10.8. The highest BCUT2D eigenvalue weighted by Gasteiger charge is 2.35. The van der Waals surface area contributed by atoms with E-state index in [4.69, 9.17) is 21.1 Å². The fraction of sp³-hybridized carbons (Fsp3) is 0.120. The molecule has 1 aliphatic heterocycles. The van der Waals surface area contributed by atoms with Crippen LogP contribution in [-0.2, 0) is 17.9 Å². The summed E-state index contributed by atoms with van der Waals surface area (Å²) in [7, 11) is 1.54. The molecular weight excluding hydrogens is 592 g/mol. The summed E-state index contributed by atoms with van der Waals surface area (Å²) in [5.74, 6) is 0.285. The van der Waals surface area contributed by atoms with Gasteiger partial charge in [-0.2, -0.15) is 0 Å². The molecule has 1 aliphatic rings. The van der Waals surface area contributed by atoms with Crippen molar-refractivity contribution in [1.29, 1.82) is 0 Å². The Morgan fingerprint density at radius 3 is 2.56 bits per heavy atom. The van der Waals surface area contributed by atoms with Crippen LogP contribution >= 0.6 is 46.0 Å². The van der Waals surface area contributed by atoms with E-state index in [0.29, 0.717) is 32.6 Å². The first-order valence-corrected chi connectivity index (χ1v) is 12.4. The van der Waals surface area contributed by atoms with Crippen molar-refractivity contribution in [2.45, 2.75) is 13.2 Å². The maximum absolute atomic E-state index is 13.1. The molecule has 1 fully saturated rings. The quantitative estimate of drug-likeness (QED) is 0.215. The lowest BCUT2D eigenvalue weighted by Gasteiger charge is -2.14. The minimum absolute atomic E-state index is 0.0813. The molecule has 0 radical (unpaired) electrons. The number of carbonyl (C=O) groups is 2. The number of thioether (sulfide) groups is 1. The number of carbonyl (C=O) groups excluding carboxylic acids is 2. The average Bonchev–Trinajstić information content (AvgIpc) is 3.07. The fourth-order valence-corrected chi connectivity index (χ4v) is 5.10. The number of hydrogen-bond donors (Lipinski definition) is 0. The number of amides is 2. The van der Waals surface area contributed by atoms with Crippen LogP contribution in [0.15, 0.2) is 65.6 Å². The summed E-state index contributed by atoms with van der Waals surface area (Å²) in [6, 6.07) is 16.7. The third kappa shape index (κ3) is 5.56.